The number of nitrogens with zero attached hydrogens (tertiary/aromatic N) is 3. The summed E-state index contributed by atoms with van der Waals surface area (Å²) in [7, 11) is 3.02. The summed E-state index contributed by atoms with van der Waals surface area (Å²) in [6, 6.07) is 17.5. The molecule has 0 radical (unpaired) electrons. The Morgan fingerprint density at radius 2 is 1.67 bits per heavy atom. The van der Waals surface area contributed by atoms with Crippen molar-refractivity contribution >= 4 is 41.0 Å². The van der Waals surface area contributed by atoms with Gasteiger partial charge in [0.15, 0.2) is 11.5 Å². The van der Waals surface area contributed by atoms with Crippen molar-refractivity contribution < 1.29 is 37.3 Å². The summed E-state index contributed by atoms with van der Waals surface area (Å²) >= 11 is 12.9. The Balaban J connectivity index is 1.28. The molecule has 0 N–H and O–H groups in total. The predicted octanol–water partition coefficient (Wildman–Crippen LogP) is 8.72. The first kappa shape index (κ1) is 36.3. The number of amides is 1. The van der Waals surface area contributed by atoms with Crippen LogP contribution in [0.3, 0.4) is 0 Å². The van der Waals surface area contributed by atoms with Gasteiger partial charge in [0, 0.05) is 30.9 Å². The van der Waals surface area contributed by atoms with Crippen LogP contribution in [0.2, 0.25) is 10.0 Å². The van der Waals surface area contributed by atoms with Crippen molar-refractivity contribution in [1.29, 1.82) is 0 Å². The average Bonchev–Trinajstić information content (AvgIpc) is 3.15. The molecule has 3 aromatic carbocycles. The number of alkyl halides is 2. The first-order chi connectivity index (χ1) is 24.6. The predicted molar refractivity (Wildman–Crippen MR) is 189 cm³/mol. The molecule has 9 nitrogen and oxygen atoms in total. The number of hydrogen-bond acceptors (Lipinski definition) is 8. The maximum Gasteiger partial charge on any atom is 0.414 e. The van der Waals surface area contributed by atoms with E-state index in [2.05, 4.69) is 9.88 Å². The normalized spacial score (nSPS) is 18.6. The molecule has 0 aliphatic carbocycles. The van der Waals surface area contributed by atoms with Gasteiger partial charge in [-0.15, -0.1) is 0 Å². The number of pyridine rings is 1. The smallest absolute Gasteiger partial charge is 0.414 e. The molecular weight excluding hydrogens is 703 g/mol. The SMILES string of the molecule is COc1ccc([C@H](Cc2c(Cl)cncc2Cl)OC(=O)c2cccc(CN(C(=O)O[C@H]3CN4CCC3CC4)c3ccccc3C(F)F)c2)cc1OC. The van der Waals surface area contributed by atoms with Gasteiger partial charge < -0.3 is 18.9 Å². The van der Waals surface area contributed by atoms with Crippen LogP contribution in [0, 0.1) is 5.92 Å². The number of fused-ring (bicyclic) bond motifs is 3. The van der Waals surface area contributed by atoms with Gasteiger partial charge in [-0.3, -0.25) is 14.8 Å². The maximum atomic E-state index is 14.2. The highest BCUT2D eigenvalue weighted by Crippen LogP contribution is 2.37. The third-order valence-electron chi connectivity index (χ3n) is 9.41. The van der Waals surface area contributed by atoms with Crippen LogP contribution >= 0.6 is 23.2 Å². The number of halogens is 4. The number of piperidine rings is 3. The van der Waals surface area contributed by atoms with Crippen molar-refractivity contribution in [2.24, 2.45) is 5.92 Å². The second-order valence-corrected chi connectivity index (χ2v) is 13.3. The van der Waals surface area contributed by atoms with E-state index in [4.69, 9.17) is 42.1 Å². The van der Waals surface area contributed by atoms with Crippen LogP contribution in [-0.4, -0.2) is 61.9 Å². The minimum atomic E-state index is -2.83. The topological polar surface area (TPSA) is 90.4 Å². The number of rotatable bonds is 12. The first-order valence-electron chi connectivity index (χ1n) is 16.5. The van der Waals surface area contributed by atoms with Crippen LogP contribution in [0.5, 0.6) is 11.5 Å². The molecule has 7 rings (SSSR count). The molecule has 2 bridgehead atoms. The van der Waals surface area contributed by atoms with Gasteiger partial charge >= 0.3 is 12.1 Å². The number of esters is 1. The highest BCUT2D eigenvalue weighted by atomic mass is 35.5. The first-order valence-corrected chi connectivity index (χ1v) is 17.3. The van der Waals surface area contributed by atoms with Crippen LogP contribution < -0.4 is 14.4 Å². The second kappa shape index (κ2) is 16.3. The number of methoxy groups -OCH3 is 2. The highest BCUT2D eigenvalue weighted by molar-refractivity contribution is 6.35. The van der Waals surface area contributed by atoms with E-state index >= 15 is 0 Å². The third kappa shape index (κ3) is 8.38. The third-order valence-corrected chi connectivity index (χ3v) is 10.1. The Kier molecular flexibility index (Phi) is 11.6. The lowest BCUT2D eigenvalue weighted by molar-refractivity contribution is -0.0311. The molecular formula is C38H37Cl2F2N3O6. The van der Waals surface area contributed by atoms with Gasteiger partial charge in [-0.1, -0.05) is 59.6 Å². The van der Waals surface area contributed by atoms with Crippen molar-refractivity contribution in [1.82, 2.24) is 9.88 Å². The molecule has 51 heavy (non-hydrogen) atoms. The number of ether oxygens (including phenoxy) is 4. The van der Waals surface area contributed by atoms with Crippen LogP contribution in [0.4, 0.5) is 19.3 Å². The molecule has 4 heterocycles. The second-order valence-electron chi connectivity index (χ2n) is 12.5. The van der Waals surface area contributed by atoms with E-state index in [9.17, 15) is 18.4 Å². The van der Waals surface area contributed by atoms with E-state index in [1.165, 1.54) is 49.7 Å². The Bertz CT molecular complexity index is 1850. The molecule has 3 saturated heterocycles. The molecule has 13 heteroatoms. The van der Waals surface area contributed by atoms with Crippen LogP contribution in [0.15, 0.2) is 79.1 Å². The molecule has 0 spiro atoms. The zero-order chi connectivity index (χ0) is 36.1. The molecule has 1 amide bonds. The molecule has 3 fully saturated rings. The zero-order valence-electron chi connectivity index (χ0n) is 28.1. The van der Waals surface area contributed by atoms with Crippen molar-refractivity contribution in [2.45, 2.75) is 44.4 Å². The van der Waals surface area contributed by atoms with Crippen molar-refractivity contribution in [3.63, 3.8) is 0 Å². The molecule has 2 atom stereocenters. The van der Waals surface area contributed by atoms with Gasteiger partial charge in [0.2, 0.25) is 0 Å². The summed E-state index contributed by atoms with van der Waals surface area (Å²) in [5.41, 5.74) is 1.53. The summed E-state index contributed by atoms with van der Waals surface area (Å²) < 4.78 is 51.4. The largest absolute Gasteiger partial charge is 0.493 e. The van der Waals surface area contributed by atoms with Crippen LogP contribution in [0.1, 0.15) is 58.0 Å². The minimum Gasteiger partial charge on any atom is -0.493 e. The number of benzene rings is 3. The van der Waals surface area contributed by atoms with E-state index in [-0.39, 0.29) is 41.8 Å². The van der Waals surface area contributed by atoms with Gasteiger partial charge in [-0.2, -0.15) is 0 Å². The summed E-state index contributed by atoms with van der Waals surface area (Å²) in [6.07, 6.45) is 0.102. The fourth-order valence-electron chi connectivity index (χ4n) is 6.68. The Morgan fingerprint density at radius 1 is 0.941 bits per heavy atom. The molecule has 1 aromatic heterocycles. The quantitative estimate of drug-likeness (QED) is 0.133. The lowest BCUT2D eigenvalue weighted by atomic mass is 9.86. The zero-order valence-corrected chi connectivity index (χ0v) is 29.6. The number of para-hydroxylation sites is 1. The summed E-state index contributed by atoms with van der Waals surface area (Å²) in [5, 5.41) is 0.612. The maximum absolute atomic E-state index is 14.2. The molecule has 3 aliphatic rings. The van der Waals surface area contributed by atoms with E-state index < -0.39 is 24.6 Å². The fraction of sp³-hybridized carbons (Fsp3) is 0.342. The number of carbonyl (C=O) groups is 2. The Hall–Kier alpha value is -4.45. The number of aromatic nitrogens is 1. The summed E-state index contributed by atoms with van der Waals surface area (Å²) in [5.74, 6) is 0.468. The number of anilines is 1. The standard InChI is InChI=1S/C38H37Cl2F2N3O6/c1-48-32-11-10-25(17-34(32)49-2)33(18-28-29(39)19-43-20-30(28)40)50-37(46)26-7-5-6-23(16-26)21-45(31-9-4-3-8-27(31)36(41)42)38(47)51-35-22-44-14-12-24(35)13-15-44/h3-11,16-17,19-20,24,33,35-36H,12-15,18,21-22H2,1-2H3/t33-,35-/m0/s1. The van der Waals surface area contributed by atoms with E-state index in [1.807, 2.05) is 0 Å². The minimum absolute atomic E-state index is 0.0337. The van der Waals surface area contributed by atoms with E-state index in [1.54, 1.807) is 48.5 Å². The lowest BCUT2D eigenvalue weighted by Gasteiger charge is -2.44. The number of hydrogen-bond donors (Lipinski definition) is 0. The average molecular weight is 741 g/mol. The molecule has 268 valence electrons. The number of carbonyl (C=O) groups excluding carboxylic acids is 2. The van der Waals surface area contributed by atoms with E-state index in [0.29, 0.717) is 44.8 Å². The lowest BCUT2D eigenvalue weighted by Crippen LogP contribution is -2.53. The monoisotopic (exact) mass is 739 g/mol. The fourth-order valence-corrected chi connectivity index (χ4v) is 7.20. The molecule has 3 aliphatic heterocycles. The van der Waals surface area contributed by atoms with E-state index in [0.717, 1.165) is 25.9 Å². The molecule has 0 unspecified atom stereocenters. The summed E-state index contributed by atoms with van der Waals surface area (Å²) in [4.78, 5) is 35.1. The van der Waals surface area contributed by atoms with Gasteiger partial charge in [-0.05, 0) is 78.9 Å². The Labute approximate surface area is 305 Å². The van der Waals surface area contributed by atoms with Gasteiger partial charge in [-0.25, -0.2) is 18.4 Å². The van der Waals surface area contributed by atoms with Gasteiger partial charge in [0.05, 0.1) is 42.1 Å². The van der Waals surface area contributed by atoms with Crippen molar-refractivity contribution in [3.8, 4) is 11.5 Å². The van der Waals surface area contributed by atoms with Crippen LogP contribution in [0.25, 0.3) is 0 Å². The van der Waals surface area contributed by atoms with Crippen LogP contribution in [-0.2, 0) is 22.4 Å². The van der Waals surface area contributed by atoms with Gasteiger partial charge in [0.1, 0.15) is 12.2 Å². The van der Waals surface area contributed by atoms with Gasteiger partial charge in [0.25, 0.3) is 6.43 Å². The van der Waals surface area contributed by atoms with Crippen molar-refractivity contribution in [3.05, 3.63) is 117 Å². The summed E-state index contributed by atoms with van der Waals surface area (Å²) in [6.45, 7) is 2.38. The highest BCUT2D eigenvalue weighted by Gasteiger charge is 2.38. The molecule has 0 saturated carbocycles. The van der Waals surface area contributed by atoms with Crippen molar-refractivity contribution in [2.75, 3.05) is 38.8 Å². The Morgan fingerprint density at radius 3 is 2.33 bits per heavy atom. The molecule has 4 aromatic rings.